The fraction of sp³-hybridized carbons (Fsp3) is 0.740. The van der Waals surface area contributed by atoms with Crippen molar-refractivity contribution in [1.29, 1.82) is 0 Å². The zero-order valence-corrected chi connectivity index (χ0v) is 52.1. The van der Waals surface area contributed by atoms with E-state index in [1.807, 2.05) is 6.08 Å². The Kier molecular flexibility index (Phi) is 63.7. The monoisotopic (exact) mass is 1100 g/mol. The second kappa shape index (κ2) is 66.8. The lowest BCUT2D eigenvalue weighted by Gasteiger charge is -2.18. The Morgan fingerprint density at radius 3 is 0.899 bits per heavy atom. The molecule has 0 heterocycles. The molecule has 0 fully saturated rings. The van der Waals surface area contributed by atoms with Crippen molar-refractivity contribution >= 4 is 17.9 Å². The van der Waals surface area contributed by atoms with Crippen molar-refractivity contribution < 1.29 is 28.6 Å². The second-order valence-electron chi connectivity index (χ2n) is 22.4. The summed E-state index contributed by atoms with van der Waals surface area (Å²) in [7, 11) is 0. The first-order valence-electron chi connectivity index (χ1n) is 33.7. The minimum Gasteiger partial charge on any atom is -0.462 e. The number of ether oxygens (including phenoxy) is 3. The fourth-order valence-electron chi connectivity index (χ4n) is 9.54. The molecule has 0 aromatic rings. The van der Waals surface area contributed by atoms with Crippen LogP contribution in [-0.2, 0) is 28.6 Å². The van der Waals surface area contributed by atoms with E-state index in [-0.39, 0.29) is 31.6 Å². The van der Waals surface area contributed by atoms with Crippen LogP contribution < -0.4 is 0 Å². The maximum atomic E-state index is 12.9. The SMILES string of the molecule is CC/C=C\C/C=C\C/C=C\C/C=C\C/C=C\CC(=O)OCC(COC(=O)CCCCCCCCCCCCCCC/C=C\C/C=C\CCCCCCC)OC(=O)CCCCCCCCCCC/C=C\CCCCCCCCCC. The van der Waals surface area contributed by atoms with Crippen molar-refractivity contribution in [1.82, 2.24) is 0 Å². The van der Waals surface area contributed by atoms with Crippen molar-refractivity contribution in [2.75, 3.05) is 13.2 Å². The van der Waals surface area contributed by atoms with Crippen LogP contribution in [0.25, 0.3) is 0 Å². The summed E-state index contributed by atoms with van der Waals surface area (Å²) < 4.78 is 16.9. The molecule has 454 valence electrons. The largest absolute Gasteiger partial charge is 0.462 e. The number of rotatable bonds is 61. The third-order valence-electron chi connectivity index (χ3n) is 14.6. The van der Waals surface area contributed by atoms with Gasteiger partial charge in [0, 0.05) is 12.8 Å². The molecule has 0 aliphatic heterocycles. The second-order valence-corrected chi connectivity index (χ2v) is 22.4. The van der Waals surface area contributed by atoms with Crippen LogP contribution in [0.2, 0.25) is 0 Å². The third kappa shape index (κ3) is 65.0. The average molecular weight is 1100 g/mol. The van der Waals surface area contributed by atoms with Gasteiger partial charge in [-0.3, -0.25) is 14.4 Å². The summed E-state index contributed by atoms with van der Waals surface area (Å²) in [5.74, 6) is -1.03. The molecule has 0 spiro atoms. The van der Waals surface area contributed by atoms with Crippen LogP contribution in [0.5, 0.6) is 0 Å². The van der Waals surface area contributed by atoms with E-state index < -0.39 is 12.1 Å². The van der Waals surface area contributed by atoms with Gasteiger partial charge in [0.05, 0.1) is 6.42 Å². The van der Waals surface area contributed by atoms with Crippen molar-refractivity contribution in [2.45, 2.75) is 335 Å². The van der Waals surface area contributed by atoms with E-state index in [0.717, 1.165) is 77.0 Å². The number of hydrogen-bond donors (Lipinski definition) is 0. The van der Waals surface area contributed by atoms with Crippen molar-refractivity contribution in [3.05, 3.63) is 97.2 Å². The van der Waals surface area contributed by atoms with Gasteiger partial charge in [0.2, 0.25) is 0 Å². The summed E-state index contributed by atoms with van der Waals surface area (Å²) in [4.78, 5) is 38.3. The molecule has 0 saturated heterocycles. The fourth-order valence-corrected chi connectivity index (χ4v) is 9.54. The Bertz CT molecular complexity index is 1540. The molecule has 0 aliphatic carbocycles. The number of unbranched alkanes of at least 4 members (excludes halogenated alkanes) is 35. The van der Waals surface area contributed by atoms with Crippen molar-refractivity contribution in [2.24, 2.45) is 0 Å². The molecule has 79 heavy (non-hydrogen) atoms. The highest BCUT2D eigenvalue weighted by Crippen LogP contribution is 2.17. The molecular formula is C73H126O6. The lowest BCUT2D eigenvalue weighted by atomic mass is 10.0. The lowest BCUT2D eigenvalue weighted by molar-refractivity contribution is -0.166. The van der Waals surface area contributed by atoms with Gasteiger partial charge in [-0.15, -0.1) is 0 Å². The van der Waals surface area contributed by atoms with Crippen LogP contribution in [0, 0.1) is 0 Å². The van der Waals surface area contributed by atoms with Crippen LogP contribution in [-0.4, -0.2) is 37.2 Å². The summed E-state index contributed by atoms with van der Waals surface area (Å²) in [5.41, 5.74) is 0. The smallest absolute Gasteiger partial charge is 0.309 e. The topological polar surface area (TPSA) is 78.9 Å². The molecular weight excluding hydrogens is 973 g/mol. The van der Waals surface area contributed by atoms with Gasteiger partial charge >= 0.3 is 17.9 Å². The van der Waals surface area contributed by atoms with E-state index in [1.165, 1.54) is 212 Å². The molecule has 1 atom stereocenters. The van der Waals surface area contributed by atoms with Crippen LogP contribution >= 0.6 is 0 Å². The van der Waals surface area contributed by atoms with Gasteiger partial charge in [0.15, 0.2) is 6.10 Å². The van der Waals surface area contributed by atoms with Crippen molar-refractivity contribution in [3.63, 3.8) is 0 Å². The first-order chi connectivity index (χ1) is 39.0. The van der Waals surface area contributed by atoms with E-state index in [9.17, 15) is 14.4 Å². The highest BCUT2D eigenvalue weighted by molar-refractivity contribution is 5.72. The average Bonchev–Trinajstić information content (AvgIpc) is 3.45. The van der Waals surface area contributed by atoms with Gasteiger partial charge in [-0.25, -0.2) is 0 Å². The number of esters is 3. The molecule has 0 aromatic heterocycles. The van der Waals surface area contributed by atoms with Gasteiger partial charge in [-0.2, -0.15) is 0 Å². The van der Waals surface area contributed by atoms with E-state index in [0.29, 0.717) is 12.8 Å². The van der Waals surface area contributed by atoms with E-state index in [2.05, 4.69) is 106 Å². The summed E-state index contributed by atoms with van der Waals surface area (Å²) >= 11 is 0. The molecule has 6 heteroatoms. The summed E-state index contributed by atoms with van der Waals surface area (Å²) in [6.07, 6.45) is 90.2. The quantitative estimate of drug-likeness (QED) is 0.0261. The third-order valence-corrected chi connectivity index (χ3v) is 14.6. The molecule has 0 aromatic carbocycles. The van der Waals surface area contributed by atoms with E-state index >= 15 is 0 Å². The number of hydrogen-bond acceptors (Lipinski definition) is 6. The van der Waals surface area contributed by atoms with E-state index in [1.54, 1.807) is 6.08 Å². The minimum atomic E-state index is -0.821. The molecule has 0 bridgehead atoms. The molecule has 0 amide bonds. The Hall–Kier alpha value is -3.67. The Labute approximate surface area is 489 Å². The minimum absolute atomic E-state index is 0.107. The van der Waals surface area contributed by atoms with E-state index in [4.69, 9.17) is 14.2 Å². The number of carbonyl (C=O) groups excluding carboxylic acids is 3. The first kappa shape index (κ1) is 75.3. The molecule has 0 radical (unpaired) electrons. The maximum Gasteiger partial charge on any atom is 0.309 e. The standard InChI is InChI=1S/C73H126O6/c1-4-7-10-13-16-19-22-25-28-30-32-34-35-36-37-39-40-42-45-48-51-54-57-60-63-66-72(75)78-69-70(68-77-71(74)65-62-59-56-53-50-47-44-27-24-21-18-15-12-9-6-3)79-73(76)67-64-61-58-55-52-49-46-43-41-38-33-31-29-26-23-20-17-14-11-8-5-2/h9,12,18,21-22,25,27,30-33,44,50,53,59,62,70H,4-8,10-11,13-17,19-20,23-24,26,28-29,34-43,45-49,51-52,54-58,60-61,63-69H2,1-3H3/b12-9-,21-18-,25-22-,32-30-,33-31-,44-27-,53-50-,62-59-. The molecule has 1 unspecified atom stereocenters. The van der Waals surface area contributed by atoms with Gasteiger partial charge in [-0.05, 0) is 103 Å². The summed E-state index contributed by atoms with van der Waals surface area (Å²) in [6, 6.07) is 0. The Morgan fingerprint density at radius 1 is 0.278 bits per heavy atom. The van der Waals surface area contributed by atoms with Crippen LogP contribution in [0.4, 0.5) is 0 Å². The van der Waals surface area contributed by atoms with Gasteiger partial charge in [0.25, 0.3) is 0 Å². The normalized spacial score (nSPS) is 12.7. The maximum absolute atomic E-state index is 12.9. The van der Waals surface area contributed by atoms with Crippen LogP contribution in [0.15, 0.2) is 97.2 Å². The summed E-state index contributed by atoms with van der Waals surface area (Å²) in [5, 5.41) is 0. The van der Waals surface area contributed by atoms with Gasteiger partial charge in [0.1, 0.15) is 13.2 Å². The lowest BCUT2D eigenvalue weighted by Crippen LogP contribution is -2.30. The molecule has 0 saturated carbocycles. The van der Waals surface area contributed by atoms with Crippen LogP contribution in [0.3, 0.4) is 0 Å². The zero-order chi connectivity index (χ0) is 57.1. The highest BCUT2D eigenvalue weighted by Gasteiger charge is 2.19. The Morgan fingerprint density at radius 2 is 0.544 bits per heavy atom. The Balaban J connectivity index is 4.38. The predicted octanol–water partition coefficient (Wildman–Crippen LogP) is 23.2. The van der Waals surface area contributed by atoms with Crippen molar-refractivity contribution in [3.8, 4) is 0 Å². The zero-order valence-electron chi connectivity index (χ0n) is 52.1. The van der Waals surface area contributed by atoms with Gasteiger partial charge < -0.3 is 14.2 Å². The van der Waals surface area contributed by atoms with Gasteiger partial charge in [-0.1, -0.05) is 304 Å². The van der Waals surface area contributed by atoms with Crippen LogP contribution in [0.1, 0.15) is 329 Å². The molecule has 0 rings (SSSR count). The number of allylic oxidation sites excluding steroid dienone is 15. The number of carbonyl (C=O) groups is 3. The molecule has 0 N–H and O–H groups in total. The predicted molar refractivity (Wildman–Crippen MR) is 344 cm³/mol. The molecule has 6 nitrogen and oxygen atoms in total. The molecule has 0 aliphatic rings. The first-order valence-corrected chi connectivity index (χ1v) is 33.7. The summed E-state index contributed by atoms with van der Waals surface area (Å²) in [6.45, 7) is 6.46. The highest BCUT2D eigenvalue weighted by atomic mass is 16.6.